The number of rotatable bonds is 4. The Morgan fingerprint density at radius 2 is 1.70 bits per heavy atom. The average Bonchev–Trinajstić information content (AvgIpc) is 3.18. The summed E-state index contributed by atoms with van der Waals surface area (Å²) in [6.07, 6.45) is 1.59. The van der Waals surface area contributed by atoms with Gasteiger partial charge in [-0.3, -0.25) is 0 Å². The maximum atomic E-state index is 5.89. The Labute approximate surface area is 153 Å². The van der Waals surface area contributed by atoms with Gasteiger partial charge in [0.1, 0.15) is 0 Å². The molecule has 0 saturated carbocycles. The molecular formula is C17H15N9O. The van der Waals surface area contributed by atoms with Crippen molar-refractivity contribution in [1.82, 2.24) is 30.1 Å². The van der Waals surface area contributed by atoms with Crippen molar-refractivity contribution in [2.45, 2.75) is 0 Å². The number of hydrogen-bond donors (Lipinski definition) is 2. The van der Waals surface area contributed by atoms with Crippen molar-refractivity contribution in [2.24, 2.45) is 0 Å². The first-order valence-corrected chi connectivity index (χ1v) is 7.97. The highest BCUT2D eigenvalue weighted by atomic mass is 16.5. The average molecular weight is 361 g/mol. The second kappa shape index (κ2) is 6.67. The topological polar surface area (TPSA) is 146 Å². The lowest BCUT2D eigenvalue weighted by Gasteiger charge is -2.17. The first-order valence-electron chi connectivity index (χ1n) is 7.97. The van der Waals surface area contributed by atoms with Crippen LogP contribution in [0.2, 0.25) is 0 Å². The van der Waals surface area contributed by atoms with Crippen LogP contribution in [0.15, 0.2) is 53.2 Å². The normalized spacial score (nSPS) is 10.7. The van der Waals surface area contributed by atoms with E-state index in [1.165, 1.54) is 0 Å². The zero-order chi connectivity index (χ0) is 18.8. The van der Waals surface area contributed by atoms with Gasteiger partial charge >= 0.3 is 0 Å². The fourth-order valence-electron chi connectivity index (χ4n) is 2.40. The van der Waals surface area contributed by atoms with Gasteiger partial charge in [-0.15, -0.1) is 0 Å². The zero-order valence-corrected chi connectivity index (χ0v) is 14.3. The first-order chi connectivity index (χ1) is 13.1. The van der Waals surface area contributed by atoms with E-state index < -0.39 is 0 Å². The number of nitrogens with zero attached hydrogens (tertiary/aromatic N) is 7. The van der Waals surface area contributed by atoms with Gasteiger partial charge in [-0.2, -0.15) is 19.9 Å². The van der Waals surface area contributed by atoms with E-state index in [0.29, 0.717) is 17.3 Å². The van der Waals surface area contributed by atoms with Crippen LogP contribution < -0.4 is 16.4 Å². The molecule has 0 atom stereocenters. The van der Waals surface area contributed by atoms with Gasteiger partial charge in [0.2, 0.25) is 23.5 Å². The summed E-state index contributed by atoms with van der Waals surface area (Å²) in [4.78, 5) is 22.9. The van der Waals surface area contributed by atoms with Crippen LogP contribution in [0.1, 0.15) is 0 Å². The molecular weight excluding hydrogens is 346 g/mol. The highest BCUT2D eigenvalue weighted by Crippen LogP contribution is 2.25. The number of hydrogen-bond acceptors (Lipinski definition) is 10. The van der Waals surface area contributed by atoms with Crippen LogP contribution in [0.25, 0.3) is 23.2 Å². The molecule has 10 heteroatoms. The molecule has 0 bridgehead atoms. The Morgan fingerprint density at radius 1 is 0.889 bits per heavy atom. The Balaban J connectivity index is 1.71. The molecule has 0 radical (unpaired) electrons. The third-order valence-electron chi connectivity index (χ3n) is 3.75. The van der Waals surface area contributed by atoms with Crippen molar-refractivity contribution in [1.29, 1.82) is 0 Å². The summed E-state index contributed by atoms with van der Waals surface area (Å²) < 4.78 is 5.25. The van der Waals surface area contributed by atoms with E-state index >= 15 is 0 Å². The van der Waals surface area contributed by atoms with Gasteiger partial charge in [0.25, 0.3) is 5.89 Å². The molecule has 10 nitrogen and oxygen atoms in total. The van der Waals surface area contributed by atoms with Gasteiger partial charge < -0.3 is 20.9 Å². The van der Waals surface area contributed by atoms with E-state index in [-0.39, 0.29) is 23.5 Å². The van der Waals surface area contributed by atoms with E-state index in [1.807, 2.05) is 37.4 Å². The second-order valence-corrected chi connectivity index (χ2v) is 5.58. The van der Waals surface area contributed by atoms with Crippen LogP contribution in [-0.2, 0) is 0 Å². The highest BCUT2D eigenvalue weighted by Gasteiger charge is 2.18. The third-order valence-corrected chi connectivity index (χ3v) is 3.75. The summed E-state index contributed by atoms with van der Waals surface area (Å²) in [6.45, 7) is 0. The molecule has 27 heavy (non-hydrogen) atoms. The molecule has 0 unspecified atom stereocenters. The monoisotopic (exact) mass is 361 g/mol. The number of aromatic nitrogens is 6. The predicted molar refractivity (Wildman–Crippen MR) is 99.7 cm³/mol. The number of benzene rings is 1. The summed E-state index contributed by atoms with van der Waals surface area (Å²) in [7, 11) is 1.82. The molecule has 4 rings (SSSR count). The van der Waals surface area contributed by atoms with Gasteiger partial charge in [-0.1, -0.05) is 23.4 Å². The molecule has 0 saturated heterocycles. The lowest BCUT2D eigenvalue weighted by molar-refractivity contribution is 0.430. The minimum Gasteiger partial charge on any atom is -0.397 e. The van der Waals surface area contributed by atoms with Crippen LogP contribution in [-0.4, -0.2) is 37.1 Å². The number of anilines is 4. The fraction of sp³-hybridized carbons (Fsp3) is 0.0588. The molecule has 0 aliphatic heterocycles. The molecule has 1 aromatic carbocycles. The van der Waals surface area contributed by atoms with E-state index in [1.54, 1.807) is 23.2 Å². The Bertz CT molecular complexity index is 1080. The smallest absolute Gasteiger partial charge is 0.279 e. The van der Waals surface area contributed by atoms with Crippen LogP contribution >= 0.6 is 0 Å². The molecule has 4 N–H and O–H groups in total. The third kappa shape index (κ3) is 3.23. The molecule has 0 aliphatic carbocycles. The van der Waals surface area contributed by atoms with Crippen LogP contribution in [0.4, 0.5) is 23.3 Å². The minimum atomic E-state index is 0.0430. The number of nitrogens with two attached hydrogens (primary N) is 2. The van der Waals surface area contributed by atoms with Gasteiger partial charge in [-0.05, 0) is 24.3 Å². The van der Waals surface area contributed by atoms with Crippen LogP contribution in [0.3, 0.4) is 0 Å². The summed E-state index contributed by atoms with van der Waals surface area (Å²) in [5, 5.41) is 3.91. The second-order valence-electron chi connectivity index (χ2n) is 5.58. The number of para-hydroxylation sites is 1. The number of pyridine rings is 1. The molecule has 0 spiro atoms. The Morgan fingerprint density at radius 3 is 2.48 bits per heavy atom. The first kappa shape index (κ1) is 16.4. The molecule has 0 aliphatic rings. The van der Waals surface area contributed by atoms with Crippen molar-refractivity contribution >= 4 is 23.3 Å². The Hall–Kier alpha value is -4.08. The van der Waals surface area contributed by atoms with Gasteiger partial charge in [0.05, 0.1) is 5.69 Å². The molecule has 0 amide bonds. The summed E-state index contributed by atoms with van der Waals surface area (Å²) in [5.74, 6) is 0.908. The maximum absolute atomic E-state index is 5.89. The standard InChI is InChI=1S/C17H15N9O/c1-26(10-6-3-2-4-7-10)17-23-13(22-16(19)24-17)14-21-15(27-25-14)12-11(18)8-5-9-20-12/h2-9H,18H2,1H3,(H2,19,22,23,24). The minimum absolute atomic E-state index is 0.0430. The van der Waals surface area contributed by atoms with E-state index in [2.05, 4.69) is 30.1 Å². The summed E-state index contributed by atoms with van der Waals surface area (Å²) in [5.41, 5.74) is 13.4. The summed E-state index contributed by atoms with van der Waals surface area (Å²) >= 11 is 0. The van der Waals surface area contributed by atoms with Crippen molar-refractivity contribution in [2.75, 3.05) is 23.4 Å². The van der Waals surface area contributed by atoms with Crippen molar-refractivity contribution in [3.63, 3.8) is 0 Å². The van der Waals surface area contributed by atoms with E-state index in [0.717, 1.165) is 5.69 Å². The number of nitrogen functional groups attached to an aromatic ring is 2. The molecule has 3 aromatic heterocycles. The van der Waals surface area contributed by atoms with E-state index in [9.17, 15) is 0 Å². The van der Waals surface area contributed by atoms with E-state index in [4.69, 9.17) is 16.0 Å². The van der Waals surface area contributed by atoms with Crippen LogP contribution in [0.5, 0.6) is 0 Å². The van der Waals surface area contributed by atoms with Crippen LogP contribution in [0, 0.1) is 0 Å². The zero-order valence-electron chi connectivity index (χ0n) is 14.3. The predicted octanol–water partition coefficient (Wildman–Crippen LogP) is 1.92. The van der Waals surface area contributed by atoms with Crippen molar-refractivity contribution in [3.8, 4) is 23.2 Å². The molecule has 4 aromatic rings. The fourth-order valence-corrected chi connectivity index (χ4v) is 2.40. The molecule has 0 fully saturated rings. The van der Waals surface area contributed by atoms with Gasteiger partial charge in [0, 0.05) is 18.9 Å². The lowest BCUT2D eigenvalue weighted by Crippen LogP contribution is -2.15. The SMILES string of the molecule is CN(c1ccccc1)c1nc(N)nc(-c2noc(-c3ncccc3N)n2)n1. The quantitative estimate of drug-likeness (QED) is 0.552. The largest absolute Gasteiger partial charge is 0.397 e. The summed E-state index contributed by atoms with van der Waals surface area (Å²) in [6, 6.07) is 13.0. The van der Waals surface area contributed by atoms with Crippen molar-refractivity contribution < 1.29 is 4.52 Å². The van der Waals surface area contributed by atoms with Gasteiger partial charge in [0.15, 0.2) is 5.69 Å². The lowest BCUT2D eigenvalue weighted by atomic mass is 10.3. The van der Waals surface area contributed by atoms with Crippen molar-refractivity contribution in [3.05, 3.63) is 48.7 Å². The highest BCUT2D eigenvalue weighted by molar-refractivity contribution is 5.66. The maximum Gasteiger partial charge on any atom is 0.279 e. The molecule has 134 valence electrons. The van der Waals surface area contributed by atoms with Gasteiger partial charge in [-0.25, -0.2) is 4.98 Å². The Kier molecular flexibility index (Phi) is 4.05. The molecule has 3 heterocycles.